The molecule has 1 aliphatic heterocycles. The average molecular weight is 466 g/mol. The zero-order valence-electron chi connectivity index (χ0n) is 22.5. The van der Waals surface area contributed by atoms with Gasteiger partial charge in [-0.05, 0) is 30.7 Å². The maximum atomic E-state index is 4.70. The molecule has 0 bridgehead atoms. The topological polar surface area (TPSA) is 24.7 Å². The normalized spacial score (nSPS) is 14.7. The summed E-state index contributed by atoms with van der Waals surface area (Å²) in [5.74, 6) is 1.15. The van der Waals surface area contributed by atoms with Gasteiger partial charge in [0.1, 0.15) is 0 Å². The van der Waals surface area contributed by atoms with Crippen LogP contribution in [0.3, 0.4) is 0 Å². The van der Waals surface area contributed by atoms with Gasteiger partial charge in [-0.1, -0.05) is 157 Å². The van der Waals surface area contributed by atoms with Gasteiger partial charge in [0, 0.05) is 0 Å². The van der Waals surface area contributed by atoms with Crippen molar-refractivity contribution in [2.75, 3.05) is 0 Å². The van der Waals surface area contributed by atoms with Crippen molar-refractivity contribution in [1.82, 2.24) is 0 Å². The Balaban J connectivity index is 1.83. The van der Waals surface area contributed by atoms with Crippen LogP contribution < -0.4 is 0 Å². The van der Waals surface area contributed by atoms with Gasteiger partial charge < -0.3 is 0 Å². The Morgan fingerprint density at radius 1 is 0.588 bits per heavy atom. The van der Waals surface area contributed by atoms with E-state index in [-0.39, 0.29) is 0 Å². The molecule has 2 nitrogen and oxygen atoms in total. The highest BCUT2D eigenvalue weighted by Crippen LogP contribution is 2.37. The fourth-order valence-electron chi connectivity index (χ4n) is 5.42. The maximum Gasteiger partial charge on any atom is 0.244 e. The summed E-state index contributed by atoms with van der Waals surface area (Å²) >= 11 is 0. The van der Waals surface area contributed by atoms with Gasteiger partial charge in [0.05, 0.1) is 5.92 Å². The molecule has 0 aromatic heterocycles. The molecule has 2 rings (SSSR count). The first-order chi connectivity index (χ1) is 16.8. The molecule has 2 atom stereocenters. The molecule has 0 amide bonds. The van der Waals surface area contributed by atoms with E-state index in [1.807, 2.05) is 12.4 Å². The minimum atomic E-state index is 0.500. The number of unbranched alkanes of at least 4 members (excludes halogenated alkanes) is 14. The number of rotatable bonds is 22. The fraction of sp³-hybridized carbons (Fsp3) is 0.719. The second-order valence-electron chi connectivity index (χ2n) is 10.5. The first-order valence-corrected chi connectivity index (χ1v) is 14.8. The van der Waals surface area contributed by atoms with Crippen molar-refractivity contribution in [3.8, 4) is 0 Å². The highest BCUT2D eigenvalue weighted by molar-refractivity contribution is 6.18. The Bertz CT molecular complexity index is 624. The molecule has 1 aromatic carbocycles. The minimum Gasteiger partial charge on any atom is -0.0965 e. The molecule has 0 N–H and O–H groups in total. The van der Waals surface area contributed by atoms with E-state index in [0.717, 1.165) is 12.6 Å². The van der Waals surface area contributed by atoms with E-state index in [0.29, 0.717) is 11.8 Å². The molecule has 0 fully saturated rings. The zero-order valence-corrected chi connectivity index (χ0v) is 22.5. The standard InChI is InChI=1S/C32H53N2/c1-3-5-7-9-11-12-13-14-16-21-25-31(32-33-26-27-34-32)30(24-20-15-10-8-6-4-2)28-29-22-18-17-19-23-29/h17-19,22-23,26-27,30-31H,3-16,20-21,24-25,28H2,1-2H3/q+1. The summed E-state index contributed by atoms with van der Waals surface area (Å²) in [4.78, 5) is 9.40. The molecule has 0 aliphatic carbocycles. The summed E-state index contributed by atoms with van der Waals surface area (Å²) in [5.41, 5.74) is 1.47. The van der Waals surface area contributed by atoms with Crippen molar-refractivity contribution in [2.24, 2.45) is 21.8 Å². The Morgan fingerprint density at radius 3 is 1.59 bits per heavy atom. The molecular weight excluding hydrogens is 412 g/mol. The third kappa shape index (κ3) is 12.8. The van der Waals surface area contributed by atoms with Crippen molar-refractivity contribution in [3.63, 3.8) is 0 Å². The third-order valence-electron chi connectivity index (χ3n) is 7.52. The van der Waals surface area contributed by atoms with Gasteiger partial charge in [-0.25, -0.2) is 0 Å². The summed E-state index contributed by atoms with van der Waals surface area (Å²) in [7, 11) is 0. The molecule has 2 unspecified atom stereocenters. The van der Waals surface area contributed by atoms with Crippen LogP contribution in [0.4, 0.5) is 0 Å². The molecule has 1 aliphatic rings. The van der Waals surface area contributed by atoms with Gasteiger partial charge in [-0.3, -0.25) is 0 Å². The van der Waals surface area contributed by atoms with Crippen LogP contribution in [0.5, 0.6) is 0 Å². The maximum absolute atomic E-state index is 4.70. The van der Waals surface area contributed by atoms with Crippen LogP contribution in [-0.2, 0) is 6.42 Å². The number of nitrogens with zero attached hydrogens (tertiary/aromatic N) is 2. The van der Waals surface area contributed by atoms with Crippen molar-refractivity contribution in [1.29, 1.82) is 0 Å². The summed E-state index contributed by atoms with van der Waals surface area (Å²) in [6.45, 7) is 4.60. The van der Waals surface area contributed by atoms with Crippen LogP contribution in [0.1, 0.15) is 135 Å². The highest BCUT2D eigenvalue weighted by Gasteiger charge is 2.35. The van der Waals surface area contributed by atoms with E-state index in [2.05, 4.69) is 44.2 Å². The quantitative estimate of drug-likeness (QED) is 0.120. The van der Waals surface area contributed by atoms with E-state index in [1.165, 1.54) is 121 Å². The molecule has 34 heavy (non-hydrogen) atoms. The molecule has 0 saturated heterocycles. The lowest BCUT2D eigenvalue weighted by Gasteiger charge is -2.26. The first-order valence-electron chi connectivity index (χ1n) is 14.8. The van der Waals surface area contributed by atoms with E-state index in [4.69, 9.17) is 9.98 Å². The second-order valence-corrected chi connectivity index (χ2v) is 10.5. The van der Waals surface area contributed by atoms with Gasteiger partial charge >= 0.3 is 0 Å². The summed E-state index contributed by atoms with van der Waals surface area (Å²) < 4.78 is 0. The SMILES string of the molecule is CCCCCCCCCCCCC([C+]1N=CC=N1)C(CCCCCCCC)Cc1ccccc1. The van der Waals surface area contributed by atoms with Crippen molar-refractivity contribution >= 4 is 12.4 Å². The molecule has 1 heterocycles. The predicted molar refractivity (Wildman–Crippen MR) is 152 cm³/mol. The van der Waals surface area contributed by atoms with Gasteiger partial charge in [0.15, 0.2) is 12.4 Å². The van der Waals surface area contributed by atoms with Crippen LogP contribution in [0.25, 0.3) is 0 Å². The minimum absolute atomic E-state index is 0.500. The highest BCUT2D eigenvalue weighted by atomic mass is 15.0. The van der Waals surface area contributed by atoms with Gasteiger partial charge in [-0.2, -0.15) is 0 Å². The smallest absolute Gasteiger partial charge is 0.0965 e. The molecule has 0 spiro atoms. The van der Waals surface area contributed by atoms with Gasteiger partial charge in [0.2, 0.25) is 6.17 Å². The largest absolute Gasteiger partial charge is 0.244 e. The van der Waals surface area contributed by atoms with E-state index >= 15 is 0 Å². The number of benzene rings is 1. The Kier molecular flexibility index (Phi) is 16.6. The lowest BCUT2D eigenvalue weighted by atomic mass is 9.78. The number of hydrogen-bond donors (Lipinski definition) is 0. The van der Waals surface area contributed by atoms with E-state index in [9.17, 15) is 0 Å². The van der Waals surface area contributed by atoms with Crippen molar-refractivity contribution in [2.45, 2.75) is 136 Å². The molecule has 2 heteroatoms. The van der Waals surface area contributed by atoms with Crippen LogP contribution in [0.15, 0.2) is 40.3 Å². The third-order valence-corrected chi connectivity index (χ3v) is 7.52. The Hall–Kier alpha value is -1.57. The lowest BCUT2D eigenvalue weighted by molar-refractivity contribution is 0.284. The average Bonchev–Trinajstić information content (AvgIpc) is 3.39. The molecule has 190 valence electrons. The van der Waals surface area contributed by atoms with Crippen molar-refractivity contribution < 1.29 is 0 Å². The number of aliphatic imine (C=N–C) groups is 2. The summed E-state index contributed by atoms with van der Waals surface area (Å²) in [6, 6.07) is 11.1. The Morgan fingerprint density at radius 2 is 1.06 bits per heavy atom. The molecule has 1 aromatic rings. The van der Waals surface area contributed by atoms with Crippen LogP contribution >= 0.6 is 0 Å². The fourth-order valence-corrected chi connectivity index (χ4v) is 5.42. The van der Waals surface area contributed by atoms with E-state index in [1.54, 1.807) is 0 Å². The van der Waals surface area contributed by atoms with Crippen molar-refractivity contribution in [3.05, 3.63) is 42.1 Å². The van der Waals surface area contributed by atoms with Crippen LogP contribution in [0.2, 0.25) is 0 Å². The lowest BCUT2D eigenvalue weighted by Crippen LogP contribution is -2.22. The van der Waals surface area contributed by atoms with Gasteiger partial charge in [-0.15, -0.1) is 0 Å². The summed E-state index contributed by atoms with van der Waals surface area (Å²) in [5, 5.41) is 0. The van der Waals surface area contributed by atoms with Gasteiger partial charge in [0.25, 0.3) is 0 Å². The zero-order chi connectivity index (χ0) is 24.1. The molecular formula is C32H53N2+. The molecule has 0 saturated carbocycles. The first kappa shape index (κ1) is 28.7. The van der Waals surface area contributed by atoms with Crippen LogP contribution in [0, 0.1) is 18.0 Å². The summed E-state index contributed by atoms with van der Waals surface area (Å²) in [6.07, 6.45) is 30.8. The Labute approximate surface area is 212 Å². The monoisotopic (exact) mass is 465 g/mol. The second kappa shape index (κ2) is 19.7. The predicted octanol–water partition coefficient (Wildman–Crippen LogP) is 10.2. The van der Waals surface area contributed by atoms with E-state index < -0.39 is 0 Å². The number of hydrogen-bond acceptors (Lipinski definition) is 2. The van der Waals surface area contributed by atoms with Crippen LogP contribution in [-0.4, -0.2) is 12.4 Å². The molecule has 0 radical (unpaired) electrons.